The quantitative estimate of drug-likeness (QED) is 0.539. The number of hydrogen-bond donors (Lipinski definition) is 1. The van der Waals surface area contributed by atoms with Gasteiger partial charge in [-0.3, -0.25) is 0 Å². The third kappa shape index (κ3) is 2.11. The summed E-state index contributed by atoms with van der Waals surface area (Å²) in [7, 11) is 0. The minimum absolute atomic E-state index is 0.382. The molecule has 2 heterocycles. The fourth-order valence-corrected chi connectivity index (χ4v) is 1.55. The Morgan fingerprint density at radius 1 is 0.619 bits per heavy atom. The summed E-state index contributed by atoms with van der Waals surface area (Å²) < 4.78 is 26.6. The smallest absolute Gasteiger partial charge is 0.392 e. The summed E-state index contributed by atoms with van der Waals surface area (Å²) in [6.45, 7) is 0. The first-order valence-electron chi connectivity index (χ1n) is 5.13. The van der Waals surface area contributed by atoms with E-state index in [4.69, 9.17) is 5.73 Å². The van der Waals surface area contributed by atoms with Crippen LogP contribution >= 0.6 is 0 Å². The van der Waals surface area contributed by atoms with Gasteiger partial charge in [0.2, 0.25) is 11.2 Å². The summed E-state index contributed by atoms with van der Waals surface area (Å²) in [5, 5.41) is 0. The van der Waals surface area contributed by atoms with E-state index in [0.29, 0.717) is 0 Å². The van der Waals surface area contributed by atoms with Crippen molar-refractivity contribution in [3.63, 3.8) is 0 Å². The molecule has 0 aliphatic heterocycles. The summed E-state index contributed by atoms with van der Waals surface area (Å²) in [6, 6.07) is 0.931. The minimum atomic E-state index is -1.40. The van der Waals surface area contributed by atoms with Crippen molar-refractivity contribution in [2.24, 2.45) is 0 Å². The molecule has 0 bridgehead atoms. The molecule has 0 saturated carbocycles. The second-order valence-corrected chi connectivity index (χ2v) is 3.56. The van der Waals surface area contributed by atoms with Crippen molar-refractivity contribution in [2.75, 3.05) is 5.73 Å². The number of nitrogens with two attached hydrogens (primary N) is 1. The van der Waals surface area contributed by atoms with E-state index in [1.54, 1.807) is 0 Å². The van der Waals surface area contributed by atoms with E-state index in [1.807, 2.05) is 0 Å². The van der Waals surface area contributed by atoms with Gasteiger partial charge < -0.3 is 32.2 Å². The Balaban J connectivity index is 2.73. The fraction of sp³-hybridized carbons (Fsp3) is 0. The molecule has 21 heavy (non-hydrogen) atoms. The number of nitrogen functional groups attached to an aromatic ring is 1. The van der Waals surface area contributed by atoms with Crippen molar-refractivity contribution in [2.45, 2.75) is 0 Å². The van der Waals surface area contributed by atoms with Crippen LogP contribution in [0.3, 0.4) is 0 Å². The predicted octanol–water partition coefficient (Wildman–Crippen LogP) is -0.302. The molecule has 0 aliphatic rings. The highest BCUT2D eigenvalue weighted by Gasteiger charge is 2.14. The van der Waals surface area contributed by atoms with Crippen molar-refractivity contribution in [1.29, 1.82) is 0 Å². The lowest BCUT2D eigenvalue weighted by molar-refractivity contribution is 0.280. The average molecular weight is 297 g/mol. The first-order chi connectivity index (χ1) is 9.94. The minimum Gasteiger partial charge on any atom is -0.392 e. The first kappa shape index (κ1) is 12.5. The lowest BCUT2D eigenvalue weighted by atomic mass is 10.2. The normalized spacial score (nSPS) is 10.9. The van der Waals surface area contributed by atoms with E-state index in [1.165, 1.54) is 0 Å². The Morgan fingerprint density at radius 3 is 1.43 bits per heavy atom. The van der Waals surface area contributed by atoms with E-state index in [9.17, 15) is 19.2 Å². The molecule has 0 radical (unpaired) electrons. The van der Waals surface area contributed by atoms with Crippen LogP contribution in [0.25, 0.3) is 22.3 Å². The molecule has 11 nitrogen and oxygen atoms in total. The molecular formula is C10H3NO10. The number of benzene rings is 1. The van der Waals surface area contributed by atoms with Gasteiger partial charge in [0.25, 0.3) is 0 Å². The lowest BCUT2D eigenvalue weighted by Crippen LogP contribution is -2.01. The molecule has 0 aliphatic carbocycles. The monoisotopic (exact) mass is 297 g/mol. The summed E-state index contributed by atoms with van der Waals surface area (Å²) in [5.74, 6) is -5.57. The molecule has 0 unspecified atom stereocenters. The van der Waals surface area contributed by atoms with Crippen LogP contribution in [0.4, 0.5) is 5.69 Å². The Bertz CT molecular complexity index is 1040. The third-order valence-corrected chi connectivity index (χ3v) is 2.29. The van der Waals surface area contributed by atoms with Crippen LogP contribution in [0.15, 0.2) is 51.7 Å². The van der Waals surface area contributed by atoms with Crippen LogP contribution in [0.1, 0.15) is 0 Å². The van der Waals surface area contributed by atoms with E-state index >= 15 is 0 Å². The molecule has 108 valence electrons. The van der Waals surface area contributed by atoms with Gasteiger partial charge in [0.15, 0.2) is 11.2 Å². The zero-order valence-electron chi connectivity index (χ0n) is 9.74. The summed E-state index contributed by atoms with van der Waals surface area (Å²) >= 11 is 0. The van der Waals surface area contributed by atoms with Gasteiger partial charge in [-0.05, 0) is 0 Å². The van der Waals surface area contributed by atoms with Gasteiger partial charge in [-0.2, -0.15) is 0 Å². The fourth-order valence-electron chi connectivity index (χ4n) is 1.55. The molecule has 1 aromatic carbocycles. The zero-order chi connectivity index (χ0) is 15.1. The van der Waals surface area contributed by atoms with Crippen LogP contribution in [0.5, 0.6) is 0 Å². The van der Waals surface area contributed by atoms with Crippen LogP contribution < -0.4 is 29.0 Å². The molecule has 0 saturated heterocycles. The Labute approximate surface area is 110 Å². The highest BCUT2D eigenvalue weighted by atomic mass is 16.6. The van der Waals surface area contributed by atoms with E-state index in [0.717, 1.165) is 6.07 Å². The molecular weight excluding hydrogens is 294 g/mol. The highest BCUT2D eigenvalue weighted by molar-refractivity contribution is 6.00. The van der Waals surface area contributed by atoms with Crippen LogP contribution in [0.2, 0.25) is 0 Å². The Kier molecular flexibility index (Phi) is 2.54. The van der Waals surface area contributed by atoms with Gasteiger partial charge in [-0.1, -0.05) is 0 Å². The van der Waals surface area contributed by atoms with Crippen molar-refractivity contribution in [3.05, 3.63) is 48.5 Å². The van der Waals surface area contributed by atoms with Gasteiger partial charge in [0, 0.05) is 6.07 Å². The summed E-state index contributed by atoms with van der Waals surface area (Å²) in [6.07, 6.45) is 0. The van der Waals surface area contributed by atoms with E-state index < -0.39 is 40.1 Å². The van der Waals surface area contributed by atoms with Crippen molar-refractivity contribution >= 4 is 28.0 Å². The SMILES string of the molecule is Nc1c2oc(=O)oc(=O)oc2cc2oc(=O)oc(=O)oc12. The molecule has 0 spiro atoms. The van der Waals surface area contributed by atoms with Gasteiger partial charge in [0.1, 0.15) is 5.69 Å². The molecule has 2 N–H and O–H groups in total. The lowest BCUT2D eigenvalue weighted by Gasteiger charge is -1.95. The number of rotatable bonds is 0. The number of hydrogen-bond acceptors (Lipinski definition) is 11. The summed E-state index contributed by atoms with van der Waals surface area (Å²) in [5.41, 5.74) is 3.53. The second-order valence-electron chi connectivity index (χ2n) is 3.56. The molecule has 0 atom stereocenters. The van der Waals surface area contributed by atoms with Gasteiger partial charge in [0.05, 0.1) is 0 Å². The number of anilines is 1. The average Bonchev–Trinajstić information content (AvgIpc) is 2.60. The Morgan fingerprint density at radius 2 is 1.00 bits per heavy atom. The maximum absolute atomic E-state index is 11.1. The zero-order valence-corrected chi connectivity index (χ0v) is 9.74. The van der Waals surface area contributed by atoms with Gasteiger partial charge >= 0.3 is 23.3 Å². The first-order valence-corrected chi connectivity index (χ1v) is 5.13. The topological polar surface area (TPSA) is 173 Å². The van der Waals surface area contributed by atoms with Gasteiger partial charge in [-0.15, -0.1) is 0 Å². The third-order valence-electron chi connectivity index (χ3n) is 2.29. The standard InChI is InChI=1S/C10H3NO10/c11-4-5-2(16-7(12)20-9(14)18-5)1-3-6(4)19-10(15)21-8(13)17-3/h1H,11H2. The Hall–Kier alpha value is -3.50. The van der Waals surface area contributed by atoms with Crippen molar-refractivity contribution < 1.29 is 26.5 Å². The second kappa shape index (κ2) is 4.26. The van der Waals surface area contributed by atoms with Crippen molar-refractivity contribution in [1.82, 2.24) is 0 Å². The molecule has 11 heteroatoms. The maximum Gasteiger partial charge on any atom is 0.524 e. The summed E-state index contributed by atoms with van der Waals surface area (Å²) in [4.78, 5) is 44.5. The maximum atomic E-state index is 11.1. The molecule has 0 amide bonds. The van der Waals surface area contributed by atoms with Crippen LogP contribution in [-0.4, -0.2) is 0 Å². The van der Waals surface area contributed by atoms with Crippen LogP contribution in [-0.2, 0) is 0 Å². The molecule has 3 rings (SSSR count). The predicted molar refractivity (Wildman–Crippen MR) is 62.2 cm³/mol. The molecule has 2 aromatic heterocycles. The number of fused-ring (bicyclic) bond motifs is 2. The molecule has 0 fully saturated rings. The highest BCUT2D eigenvalue weighted by Crippen LogP contribution is 2.27. The molecule has 3 aromatic rings. The van der Waals surface area contributed by atoms with Crippen molar-refractivity contribution in [3.8, 4) is 0 Å². The van der Waals surface area contributed by atoms with E-state index in [-0.39, 0.29) is 11.2 Å². The van der Waals surface area contributed by atoms with E-state index in [2.05, 4.69) is 26.5 Å². The van der Waals surface area contributed by atoms with Crippen LogP contribution in [0, 0.1) is 0 Å². The largest absolute Gasteiger partial charge is 0.524 e. The van der Waals surface area contributed by atoms with Gasteiger partial charge in [-0.25, -0.2) is 19.2 Å².